The number of aliphatic hydroxyl groups excluding tert-OH is 7. The second-order valence-corrected chi connectivity index (χ2v) is 7.10. The zero-order chi connectivity index (χ0) is 21.3. The molecule has 0 saturated carbocycles. The van der Waals surface area contributed by atoms with E-state index in [9.17, 15) is 40.9 Å². The Morgan fingerprint density at radius 1 is 0.929 bits per heavy atom. The molecule has 166 valence electrons. The molecule has 0 aliphatic carbocycles. The van der Waals surface area contributed by atoms with Crippen LogP contribution in [0.2, 0.25) is 0 Å². The van der Waals surface area contributed by atoms with Gasteiger partial charge in [0.1, 0.15) is 42.2 Å². The highest BCUT2D eigenvalue weighted by Crippen LogP contribution is 2.43. The number of rotatable bonds is 7. The molecule has 2 fully saturated rings. The summed E-state index contributed by atoms with van der Waals surface area (Å²) in [6, 6.07) is 0. The second-order valence-electron chi connectivity index (χ2n) is 7.10. The van der Waals surface area contributed by atoms with Gasteiger partial charge in [0.25, 0.3) is 0 Å². The Labute approximate surface area is 159 Å². The SMILES string of the molecule is OCC(O)CO[C@]1(O)[C@@H](CO)OC[C@@](O)([C@@]2(O)CO[C@H](CO)[C@@H](O)[C@@H]2O)[C@H]1O. The van der Waals surface area contributed by atoms with Crippen LogP contribution in [0.1, 0.15) is 0 Å². The molecule has 2 aliphatic heterocycles. The highest BCUT2D eigenvalue weighted by molar-refractivity contribution is 5.17. The van der Waals surface area contributed by atoms with E-state index in [1.807, 2.05) is 0 Å². The number of hydrogen-bond acceptors (Lipinski definition) is 13. The summed E-state index contributed by atoms with van der Waals surface area (Å²) in [7, 11) is 0. The maximum absolute atomic E-state index is 11.0. The molecule has 13 heteroatoms. The molecule has 2 heterocycles. The first-order valence-electron chi connectivity index (χ1n) is 8.61. The Kier molecular flexibility index (Phi) is 7.37. The van der Waals surface area contributed by atoms with Gasteiger partial charge < -0.3 is 65.3 Å². The maximum Gasteiger partial charge on any atom is 0.224 e. The van der Waals surface area contributed by atoms with Crippen LogP contribution in [0.4, 0.5) is 0 Å². The molecule has 0 spiro atoms. The molecule has 13 nitrogen and oxygen atoms in total. The predicted octanol–water partition coefficient (Wildman–Crippen LogP) is -6.63. The second kappa shape index (κ2) is 8.69. The molecule has 2 rings (SSSR count). The van der Waals surface area contributed by atoms with Gasteiger partial charge in [-0.25, -0.2) is 0 Å². The molecule has 28 heavy (non-hydrogen) atoms. The van der Waals surface area contributed by atoms with E-state index < -0.39 is 93.3 Å². The van der Waals surface area contributed by atoms with E-state index in [-0.39, 0.29) is 0 Å². The Hall–Kier alpha value is -0.520. The lowest BCUT2D eigenvalue weighted by Gasteiger charge is -2.57. The largest absolute Gasteiger partial charge is 0.394 e. The summed E-state index contributed by atoms with van der Waals surface area (Å²) in [6.07, 6.45) is -10.8. The van der Waals surface area contributed by atoms with Crippen molar-refractivity contribution in [1.82, 2.24) is 0 Å². The van der Waals surface area contributed by atoms with Crippen molar-refractivity contribution in [2.24, 2.45) is 0 Å². The van der Waals surface area contributed by atoms with Crippen LogP contribution in [0, 0.1) is 0 Å². The van der Waals surface area contributed by atoms with Crippen LogP contribution in [-0.4, -0.2) is 144 Å². The van der Waals surface area contributed by atoms with Gasteiger partial charge in [0, 0.05) is 0 Å². The van der Waals surface area contributed by atoms with Gasteiger partial charge in [-0.1, -0.05) is 0 Å². The van der Waals surface area contributed by atoms with Crippen molar-refractivity contribution in [2.75, 3.05) is 39.6 Å². The van der Waals surface area contributed by atoms with Crippen molar-refractivity contribution in [2.45, 2.75) is 53.6 Å². The maximum atomic E-state index is 11.0. The summed E-state index contributed by atoms with van der Waals surface area (Å²) in [5, 5.41) is 100. The molecule has 0 aromatic heterocycles. The van der Waals surface area contributed by atoms with Crippen LogP contribution in [-0.2, 0) is 14.2 Å². The van der Waals surface area contributed by atoms with Crippen LogP contribution >= 0.6 is 0 Å². The van der Waals surface area contributed by atoms with Crippen LogP contribution in [0.25, 0.3) is 0 Å². The van der Waals surface area contributed by atoms with E-state index in [1.54, 1.807) is 0 Å². The average molecular weight is 416 g/mol. The van der Waals surface area contributed by atoms with Gasteiger partial charge in [-0.15, -0.1) is 0 Å². The Morgan fingerprint density at radius 3 is 2.07 bits per heavy atom. The Bertz CT molecular complexity index is 522. The predicted molar refractivity (Wildman–Crippen MR) is 85.6 cm³/mol. The molecule has 0 amide bonds. The van der Waals surface area contributed by atoms with Crippen molar-refractivity contribution < 1.29 is 65.3 Å². The fourth-order valence-electron chi connectivity index (χ4n) is 3.39. The zero-order valence-corrected chi connectivity index (χ0v) is 14.9. The number of ether oxygens (including phenoxy) is 3. The van der Waals surface area contributed by atoms with Crippen LogP contribution in [0.3, 0.4) is 0 Å². The Balaban J connectivity index is 2.35. The smallest absolute Gasteiger partial charge is 0.224 e. The summed E-state index contributed by atoms with van der Waals surface area (Å²) in [4.78, 5) is 0. The fourth-order valence-corrected chi connectivity index (χ4v) is 3.39. The van der Waals surface area contributed by atoms with E-state index in [2.05, 4.69) is 0 Å². The first kappa shape index (κ1) is 23.8. The van der Waals surface area contributed by atoms with E-state index >= 15 is 0 Å². The van der Waals surface area contributed by atoms with Crippen LogP contribution < -0.4 is 0 Å². The van der Waals surface area contributed by atoms with E-state index in [4.69, 9.17) is 24.4 Å². The monoisotopic (exact) mass is 416 g/mol. The van der Waals surface area contributed by atoms with Gasteiger partial charge in [0.15, 0.2) is 5.60 Å². The third kappa shape index (κ3) is 3.67. The molecule has 9 atom stereocenters. The molecular formula is C15H28O13. The van der Waals surface area contributed by atoms with Crippen molar-refractivity contribution in [3.05, 3.63) is 0 Å². The van der Waals surface area contributed by atoms with Crippen molar-refractivity contribution >= 4 is 0 Å². The molecule has 2 saturated heterocycles. The minimum atomic E-state index is -2.88. The minimum Gasteiger partial charge on any atom is -0.394 e. The summed E-state index contributed by atoms with van der Waals surface area (Å²) in [5.41, 5.74) is -5.66. The third-order valence-corrected chi connectivity index (χ3v) is 5.33. The Morgan fingerprint density at radius 2 is 1.54 bits per heavy atom. The summed E-state index contributed by atoms with van der Waals surface area (Å²) >= 11 is 0. The molecule has 10 N–H and O–H groups in total. The van der Waals surface area contributed by atoms with Crippen LogP contribution in [0.15, 0.2) is 0 Å². The normalized spacial score (nSPS) is 48.4. The van der Waals surface area contributed by atoms with Gasteiger partial charge in [0.05, 0.1) is 39.6 Å². The van der Waals surface area contributed by atoms with Gasteiger partial charge in [-0.05, 0) is 0 Å². The molecule has 0 aromatic carbocycles. The molecular weight excluding hydrogens is 388 g/mol. The average Bonchev–Trinajstić information content (AvgIpc) is 2.69. The highest BCUT2D eigenvalue weighted by atomic mass is 16.7. The fraction of sp³-hybridized carbons (Fsp3) is 1.00. The molecule has 0 aromatic rings. The standard InChI is InChI=1S/C15H28O13/c16-1-7(19)4-28-15(25)9(3-18)27-6-14(24,12(15)22)13(23)5-26-8(2-17)10(20)11(13)21/h7-12,16-25H,1-6H2/t7?,8-,9-,10-,11+,12-,13-,14+,15-/m1/s1. The number of hydrogen-bond donors (Lipinski definition) is 10. The molecule has 1 unspecified atom stereocenters. The topological polar surface area (TPSA) is 230 Å². The lowest BCUT2D eigenvalue weighted by atomic mass is 9.68. The lowest BCUT2D eigenvalue weighted by molar-refractivity contribution is -0.414. The van der Waals surface area contributed by atoms with Gasteiger partial charge in [0.2, 0.25) is 5.79 Å². The lowest BCUT2D eigenvalue weighted by Crippen LogP contribution is -2.82. The van der Waals surface area contributed by atoms with Crippen molar-refractivity contribution in [1.29, 1.82) is 0 Å². The van der Waals surface area contributed by atoms with Crippen molar-refractivity contribution in [3.8, 4) is 0 Å². The van der Waals surface area contributed by atoms with Crippen LogP contribution in [0.5, 0.6) is 0 Å². The quantitative estimate of drug-likeness (QED) is 0.174. The molecule has 0 bridgehead atoms. The van der Waals surface area contributed by atoms with Gasteiger partial charge in [-0.3, -0.25) is 0 Å². The first-order chi connectivity index (χ1) is 13.0. The van der Waals surface area contributed by atoms with Gasteiger partial charge >= 0.3 is 0 Å². The van der Waals surface area contributed by atoms with Crippen molar-refractivity contribution in [3.63, 3.8) is 0 Å². The summed E-state index contributed by atoms with van der Waals surface area (Å²) in [5.74, 6) is -2.88. The highest BCUT2D eigenvalue weighted by Gasteiger charge is 2.70. The molecule has 2 aliphatic rings. The van der Waals surface area contributed by atoms with E-state index in [0.29, 0.717) is 0 Å². The summed E-state index contributed by atoms with van der Waals surface area (Å²) < 4.78 is 15.1. The molecule has 0 radical (unpaired) electrons. The summed E-state index contributed by atoms with van der Waals surface area (Å²) in [6.45, 7) is -4.89. The zero-order valence-electron chi connectivity index (χ0n) is 14.9. The number of aliphatic hydroxyl groups is 10. The minimum absolute atomic E-state index is 0.704. The first-order valence-corrected chi connectivity index (χ1v) is 8.61. The van der Waals surface area contributed by atoms with Gasteiger partial charge in [-0.2, -0.15) is 0 Å². The third-order valence-electron chi connectivity index (χ3n) is 5.33. The van der Waals surface area contributed by atoms with E-state index in [0.717, 1.165) is 0 Å². The van der Waals surface area contributed by atoms with E-state index in [1.165, 1.54) is 0 Å².